The number of amides is 1. The third-order valence-corrected chi connectivity index (χ3v) is 4.24. The van der Waals surface area contributed by atoms with Crippen molar-refractivity contribution < 1.29 is 30.0 Å². The molecule has 7 heteroatoms. The van der Waals surface area contributed by atoms with Crippen molar-refractivity contribution in [1.29, 1.82) is 0 Å². The van der Waals surface area contributed by atoms with Crippen molar-refractivity contribution in [3.05, 3.63) is 0 Å². The summed E-state index contributed by atoms with van der Waals surface area (Å²) in [7, 11) is 0. The van der Waals surface area contributed by atoms with E-state index in [4.69, 9.17) is 9.84 Å². The molecule has 1 heterocycles. The van der Waals surface area contributed by atoms with Crippen LogP contribution in [0.4, 0.5) is 0 Å². The predicted molar refractivity (Wildman–Crippen MR) is 84.5 cm³/mol. The van der Waals surface area contributed by atoms with Crippen LogP contribution in [0, 0.1) is 0 Å². The number of hydrogen-bond acceptors (Lipinski definition) is 6. The highest BCUT2D eigenvalue weighted by atomic mass is 16.6. The Hall–Kier alpha value is -0.730. The summed E-state index contributed by atoms with van der Waals surface area (Å²) >= 11 is 0. The molecule has 0 spiro atoms. The average molecular weight is 333 g/mol. The van der Waals surface area contributed by atoms with E-state index in [0.717, 1.165) is 19.3 Å². The maximum Gasteiger partial charge on any atom is 0.220 e. The van der Waals surface area contributed by atoms with Crippen LogP contribution < -0.4 is 5.32 Å². The number of ether oxygens (including phenoxy) is 1. The molecule has 0 aromatic carbocycles. The van der Waals surface area contributed by atoms with Gasteiger partial charge in [0.2, 0.25) is 5.91 Å². The summed E-state index contributed by atoms with van der Waals surface area (Å²) in [4.78, 5) is 11.9. The Morgan fingerprint density at radius 1 is 1.00 bits per heavy atom. The highest BCUT2D eigenvalue weighted by Crippen LogP contribution is 2.20. The van der Waals surface area contributed by atoms with Crippen LogP contribution in [0.25, 0.3) is 0 Å². The van der Waals surface area contributed by atoms with Gasteiger partial charge < -0.3 is 30.5 Å². The van der Waals surface area contributed by atoms with E-state index in [9.17, 15) is 20.1 Å². The van der Waals surface area contributed by atoms with Crippen molar-refractivity contribution in [2.75, 3.05) is 6.61 Å². The van der Waals surface area contributed by atoms with Crippen molar-refractivity contribution in [1.82, 2.24) is 5.32 Å². The summed E-state index contributed by atoms with van der Waals surface area (Å²) in [6, 6.07) is -1.09. The SMILES string of the molecule is CCCCCCCCCC(=O)N[C@@H]1C(O)O[C@H](CO)[C@@H](O)[C@@H]1O. The van der Waals surface area contributed by atoms with Crippen molar-refractivity contribution in [2.45, 2.75) is 88.9 Å². The van der Waals surface area contributed by atoms with Crippen molar-refractivity contribution in [3.63, 3.8) is 0 Å². The van der Waals surface area contributed by atoms with Gasteiger partial charge in [-0.15, -0.1) is 0 Å². The van der Waals surface area contributed by atoms with E-state index in [1.165, 1.54) is 25.7 Å². The Balaban J connectivity index is 2.25. The second-order valence-corrected chi connectivity index (χ2v) is 6.19. The standard InChI is InChI=1S/C16H31NO6/c1-2-3-4-5-6-7-8-9-12(19)17-13-15(21)14(20)11(10-18)23-16(13)22/h11,13-16,18,20-22H,2-10H2,1H3,(H,17,19)/t11-,13+,14-,15-,16?/m1/s1. The molecular formula is C16H31NO6. The first kappa shape index (κ1) is 20.3. The number of nitrogens with one attached hydrogen (secondary N) is 1. The summed E-state index contributed by atoms with van der Waals surface area (Å²) in [5.74, 6) is -0.292. The van der Waals surface area contributed by atoms with Gasteiger partial charge in [-0.1, -0.05) is 45.4 Å². The molecule has 1 unspecified atom stereocenters. The molecule has 0 aromatic rings. The quantitative estimate of drug-likeness (QED) is 0.360. The Labute approximate surface area is 137 Å². The second-order valence-electron chi connectivity index (χ2n) is 6.19. The van der Waals surface area contributed by atoms with Gasteiger partial charge in [-0.3, -0.25) is 4.79 Å². The monoisotopic (exact) mass is 333 g/mol. The molecule has 0 radical (unpaired) electrons. The minimum absolute atomic E-state index is 0.292. The van der Waals surface area contributed by atoms with Crippen LogP contribution in [0.2, 0.25) is 0 Å². The van der Waals surface area contributed by atoms with Gasteiger partial charge in [-0.25, -0.2) is 0 Å². The first-order valence-corrected chi connectivity index (χ1v) is 8.61. The lowest BCUT2D eigenvalue weighted by Crippen LogP contribution is -2.64. The van der Waals surface area contributed by atoms with Crippen molar-refractivity contribution in [2.24, 2.45) is 0 Å². The molecule has 1 rings (SSSR count). The highest BCUT2D eigenvalue weighted by molar-refractivity contribution is 5.76. The van der Waals surface area contributed by atoms with Crippen molar-refractivity contribution in [3.8, 4) is 0 Å². The predicted octanol–water partition coefficient (Wildman–Crippen LogP) is 0.0432. The summed E-state index contributed by atoms with van der Waals surface area (Å²) in [6.07, 6.45) is 2.74. The van der Waals surface area contributed by atoms with Crippen LogP contribution in [-0.4, -0.2) is 63.6 Å². The lowest BCUT2D eigenvalue weighted by Gasteiger charge is -2.40. The van der Waals surface area contributed by atoms with E-state index in [1.807, 2.05) is 0 Å². The molecule has 5 atom stereocenters. The Bertz CT molecular complexity index is 341. The van der Waals surface area contributed by atoms with E-state index >= 15 is 0 Å². The largest absolute Gasteiger partial charge is 0.394 e. The Morgan fingerprint density at radius 3 is 2.22 bits per heavy atom. The Morgan fingerprint density at radius 2 is 1.61 bits per heavy atom. The molecule has 23 heavy (non-hydrogen) atoms. The molecule has 0 saturated carbocycles. The second kappa shape index (κ2) is 10.9. The van der Waals surface area contributed by atoms with Crippen LogP contribution in [0.3, 0.4) is 0 Å². The maximum absolute atomic E-state index is 11.9. The molecule has 0 bridgehead atoms. The topological polar surface area (TPSA) is 119 Å². The van der Waals surface area contributed by atoms with Gasteiger partial charge in [-0.2, -0.15) is 0 Å². The molecule has 0 aliphatic carbocycles. The summed E-state index contributed by atoms with van der Waals surface area (Å²) in [5.41, 5.74) is 0. The third kappa shape index (κ3) is 6.73. The first-order chi connectivity index (χ1) is 11.0. The maximum atomic E-state index is 11.9. The minimum atomic E-state index is -1.46. The lowest BCUT2D eigenvalue weighted by atomic mass is 9.97. The van der Waals surface area contributed by atoms with Gasteiger partial charge in [0.15, 0.2) is 6.29 Å². The molecule has 1 fully saturated rings. The van der Waals surface area contributed by atoms with Crippen LogP contribution in [0.1, 0.15) is 58.3 Å². The molecule has 1 aliphatic heterocycles. The molecule has 5 N–H and O–H groups in total. The fraction of sp³-hybridized carbons (Fsp3) is 0.938. The lowest BCUT2D eigenvalue weighted by molar-refractivity contribution is -0.253. The molecule has 1 amide bonds. The van der Waals surface area contributed by atoms with Gasteiger partial charge >= 0.3 is 0 Å². The normalized spacial score (nSPS) is 31.1. The van der Waals surface area contributed by atoms with E-state index in [1.54, 1.807) is 0 Å². The number of aliphatic hydroxyl groups excluding tert-OH is 4. The van der Waals surface area contributed by atoms with Gasteiger partial charge in [0, 0.05) is 6.42 Å². The molecule has 1 aliphatic rings. The number of rotatable bonds is 10. The summed E-state index contributed by atoms with van der Waals surface area (Å²) < 4.78 is 4.99. The molecule has 7 nitrogen and oxygen atoms in total. The van der Waals surface area contributed by atoms with Crippen LogP contribution in [0.15, 0.2) is 0 Å². The molecular weight excluding hydrogens is 302 g/mol. The molecule has 136 valence electrons. The van der Waals surface area contributed by atoms with Crippen LogP contribution >= 0.6 is 0 Å². The highest BCUT2D eigenvalue weighted by Gasteiger charge is 2.44. The van der Waals surface area contributed by atoms with E-state index in [0.29, 0.717) is 6.42 Å². The summed E-state index contributed by atoms with van der Waals surface area (Å²) in [5, 5.41) is 41.0. The fourth-order valence-electron chi connectivity index (χ4n) is 2.75. The van der Waals surface area contributed by atoms with Gasteiger partial charge in [0.25, 0.3) is 0 Å². The first-order valence-electron chi connectivity index (χ1n) is 8.61. The van der Waals surface area contributed by atoms with E-state index in [2.05, 4.69) is 12.2 Å². The third-order valence-electron chi connectivity index (χ3n) is 4.24. The zero-order valence-corrected chi connectivity index (χ0v) is 13.9. The molecule has 0 aromatic heterocycles. The van der Waals surface area contributed by atoms with E-state index in [-0.39, 0.29) is 5.91 Å². The fourth-order valence-corrected chi connectivity index (χ4v) is 2.75. The summed E-state index contributed by atoms with van der Waals surface area (Å²) in [6.45, 7) is 1.65. The Kier molecular flexibility index (Phi) is 9.66. The smallest absolute Gasteiger partial charge is 0.220 e. The number of carbonyl (C=O) groups is 1. The van der Waals surface area contributed by atoms with Crippen molar-refractivity contribution >= 4 is 5.91 Å². The van der Waals surface area contributed by atoms with Crippen LogP contribution in [0.5, 0.6) is 0 Å². The number of unbranched alkanes of at least 4 members (excludes halogenated alkanes) is 6. The minimum Gasteiger partial charge on any atom is -0.394 e. The van der Waals surface area contributed by atoms with Gasteiger partial charge in [-0.05, 0) is 6.42 Å². The van der Waals surface area contributed by atoms with Gasteiger partial charge in [0.05, 0.1) is 6.61 Å². The van der Waals surface area contributed by atoms with Crippen LogP contribution in [-0.2, 0) is 9.53 Å². The zero-order chi connectivity index (χ0) is 17.2. The number of hydrogen-bond donors (Lipinski definition) is 5. The van der Waals surface area contributed by atoms with Gasteiger partial charge in [0.1, 0.15) is 24.4 Å². The zero-order valence-electron chi connectivity index (χ0n) is 13.9. The molecule has 1 saturated heterocycles. The van der Waals surface area contributed by atoms with E-state index < -0.39 is 37.3 Å². The average Bonchev–Trinajstić information content (AvgIpc) is 2.54. The number of aliphatic hydroxyl groups is 4. The number of carbonyl (C=O) groups excluding carboxylic acids is 1.